The summed E-state index contributed by atoms with van der Waals surface area (Å²) in [6, 6.07) is 16.7. The van der Waals surface area contributed by atoms with Gasteiger partial charge < -0.3 is 27.8 Å². The number of anilines is 2. The fraction of sp³-hybridized carbons (Fsp3) is 0.0476. The van der Waals surface area contributed by atoms with Crippen LogP contribution in [0.4, 0.5) is 21.9 Å². The summed E-state index contributed by atoms with van der Waals surface area (Å²) < 4.78 is 0. The monoisotopic (exact) mass is 418 g/mol. The Labute approximate surface area is 178 Å². The van der Waals surface area contributed by atoms with E-state index in [9.17, 15) is 9.59 Å². The Hall–Kier alpha value is -4.60. The summed E-state index contributed by atoms with van der Waals surface area (Å²) in [4.78, 5) is 31.6. The third kappa shape index (κ3) is 5.70. The van der Waals surface area contributed by atoms with Gasteiger partial charge in [0.15, 0.2) is 0 Å². The number of carbonyl (C=O) groups is 2. The van der Waals surface area contributed by atoms with Gasteiger partial charge in [0, 0.05) is 24.0 Å². The fourth-order valence-electron chi connectivity index (χ4n) is 2.76. The molecule has 0 bridgehead atoms. The second kappa shape index (κ2) is 9.27. The summed E-state index contributed by atoms with van der Waals surface area (Å²) in [5.74, 6) is -0.598. The number of nitrogen functional groups attached to an aromatic ring is 1. The van der Waals surface area contributed by atoms with Gasteiger partial charge in [-0.1, -0.05) is 12.1 Å². The van der Waals surface area contributed by atoms with E-state index in [0.717, 1.165) is 10.8 Å². The van der Waals surface area contributed by atoms with E-state index in [-0.39, 0.29) is 17.8 Å². The molecule has 0 aliphatic carbocycles. The molecule has 9 N–H and O–H groups in total. The predicted molar refractivity (Wildman–Crippen MR) is 123 cm³/mol. The van der Waals surface area contributed by atoms with Crippen molar-refractivity contribution in [3.63, 3.8) is 0 Å². The maximum absolute atomic E-state index is 12.2. The lowest BCUT2D eigenvalue weighted by molar-refractivity contribution is 0.0963. The molecule has 3 rings (SSSR count). The molecule has 0 radical (unpaired) electrons. The lowest BCUT2D eigenvalue weighted by atomic mass is 10.1. The van der Waals surface area contributed by atoms with E-state index >= 15 is 0 Å². The van der Waals surface area contributed by atoms with Crippen LogP contribution in [0.15, 0.2) is 70.6 Å². The van der Waals surface area contributed by atoms with Gasteiger partial charge in [-0.25, -0.2) is 9.79 Å². The van der Waals surface area contributed by atoms with Crippen LogP contribution in [0.2, 0.25) is 0 Å². The SMILES string of the molecule is CNC(=O)c1ccc(N=C(N)/N=C(/N)NC(=O)Nc2ccc3cc(N)ccc3c2)cc1. The Kier molecular flexibility index (Phi) is 6.31. The number of urea groups is 1. The molecule has 158 valence electrons. The fourth-order valence-corrected chi connectivity index (χ4v) is 2.76. The maximum atomic E-state index is 12.2. The first-order chi connectivity index (χ1) is 14.8. The van der Waals surface area contributed by atoms with Crippen molar-refractivity contribution in [2.24, 2.45) is 21.5 Å². The standard InChI is InChI=1S/C21H22N8O2/c1-25-18(30)12-3-7-16(8-4-12)26-19(23)28-20(24)29-21(31)27-17-9-5-13-10-15(22)6-2-14(13)11-17/h2-11H,22H2,1H3,(H,25,30)(H6,23,24,26,27,28,29,31). The van der Waals surface area contributed by atoms with Crippen LogP contribution in [0.25, 0.3) is 10.8 Å². The smallest absolute Gasteiger partial charge is 0.325 e. The highest BCUT2D eigenvalue weighted by atomic mass is 16.2. The van der Waals surface area contributed by atoms with Crippen molar-refractivity contribution in [3.8, 4) is 0 Å². The van der Waals surface area contributed by atoms with Gasteiger partial charge in [0.25, 0.3) is 5.91 Å². The summed E-state index contributed by atoms with van der Waals surface area (Å²) >= 11 is 0. The van der Waals surface area contributed by atoms with E-state index in [2.05, 4.69) is 25.9 Å². The van der Waals surface area contributed by atoms with Gasteiger partial charge in [-0.15, -0.1) is 0 Å². The normalized spacial score (nSPS) is 11.8. The van der Waals surface area contributed by atoms with Gasteiger partial charge in [-0.2, -0.15) is 4.99 Å². The number of aliphatic imine (C=N–C) groups is 2. The zero-order chi connectivity index (χ0) is 22.4. The molecule has 0 fully saturated rings. The van der Waals surface area contributed by atoms with Gasteiger partial charge in [-0.05, 0) is 59.3 Å². The number of nitrogens with two attached hydrogens (primary N) is 3. The molecule has 3 amide bonds. The number of carbonyl (C=O) groups excluding carboxylic acids is 2. The van der Waals surface area contributed by atoms with E-state index in [4.69, 9.17) is 17.2 Å². The van der Waals surface area contributed by atoms with E-state index in [0.29, 0.717) is 22.6 Å². The Bertz CT molecular complexity index is 1190. The Balaban J connectivity index is 1.62. The molecule has 3 aromatic rings. The maximum Gasteiger partial charge on any atom is 0.325 e. The van der Waals surface area contributed by atoms with Gasteiger partial charge in [0.1, 0.15) is 0 Å². The van der Waals surface area contributed by atoms with Crippen molar-refractivity contribution in [1.82, 2.24) is 10.6 Å². The highest BCUT2D eigenvalue weighted by molar-refractivity contribution is 6.06. The average molecular weight is 418 g/mol. The lowest BCUT2D eigenvalue weighted by Gasteiger charge is -2.08. The third-order valence-corrected chi connectivity index (χ3v) is 4.20. The topological polar surface area (TPSA) is 173 Å². The van der Waals surface area contributed by atoms with Crippen molar-refractivity contribution in [2.45, 2.75) is 0 Å². The third-order valence-electron chi connectivity index (χ3n) is 4.20. The van der Waals surface area contributed by atoms with E-state index in [1.807, 2.05) is 18.2 Å². The number of nitrogens with zero attached hydrogens (tertiary/aromatic N) is 2. The molecule has 10 heteroatoms. The summed E-state index contributed by atoms with van der Waals surface area (Å²) in [6.45, 7) is 0. The summed E-state index contributed by atoms with van der Waals surface area (Å²) in [6.07, 6.45) is 0. The predicted octanol–water partition coefficient (Wildman–Crippen LogP) is 1.86. The van der Waals surface area contributed by atoms with Crippen LogP contribution in [0, 0.1) is 0 Å². The zero-order valence-electron chi connectivity index (χ0n) is 16.7. The molecule has 0 unspecified atom stereocenters. The molecule has 0 aliphatic heterocycles. The van der Waals surface area contributed by atoms with Crippen molar-refractivity contribution >= 4 is 51.7 Å². The van der Waals surface area contributed by atoms with Crippen molar-refractivity contribution in [1.29, 1.82) is 0 Å². The number of guanidine groups is 2. The number of benzene rings is 3. The summed E-state index contributed by atoms with van der Waals surface area (Å²) in [5, 5.41) is 9.45. The van der Waals surface area contributed by atoms with Gasteiger partial charge in [0.2, 0.25) is 11.9 Å². The highest BCUT2D eigenvalue weighted by Crippen LogP contribution is 2.21. The molecule has 0 saturated heterocycles. The summed E-state index contributed by atoms with van der Waals surface area (Å²) in [7, 11) is 1.54. The second-order valence-corrected chi connectivity index (χ2v) is 6.49. The van der Waals surface area contributed by atoms with Gasteiger partial charge >= 0.3 is 6.03 Å². The number of hydrogen-bond acceptors (Lipinski definition) is 4. The summed E-state index contributed by atoms with van der Waals surface area (Å²) in [5.41, 5.74) is 19.4. The molecule has 10 nitrogen and oxygen atoms in total. The minimum Gasteiger partial charge on any atom is -0.399 e. The minimum atomic E-state index is -0.584. The second-order valence-electron chi connectivity index (χ2n) is 6.49. The van der Waals surface area contributed by atoms with Crippen molar-refractivity contribution in [3.05, 3.63) is 66.2 Å². The molecule has 0 aromatic heterocycles. The quantitative estimate of drug-likeness (QED) is 0.216. The molecule has 3 aromatic carbocycles. The van der Waals surface area contributed by atoms with Crippen molar-refractivity contribution < 1.29 is 9.59 Å². The number of nitrogens with one attached hydrogen (secondary N) is 3. The largest absolute Gasteiger partial charge is 0.399 e. The molecule has 0 saturated carbocycles. The van der Waals surface area contributed by atoms with Crippen LogP contribution in [0.3, 0.4) is 0 Å². The van der Waals surface area contributed by atoms with E-state index < -0.39 is 6.03 Å². The van der Waals surface area contributed by atoms with Crippen molar-refractivity contribution in [2.75, 3.05) is 18.1 Å². The van der Waals surface area contributed by atoms with Crippen LogP contribution in [0.1, 0.15) is 10.4 Å². The molecule has 0 aliphatic rings. The molecule has 31 heavy (non-hydrogen) atoms. The van der Waals surface area contributed by atoms with Crippen LogP contribution in [-0.2, 0) is 0 Å². The number of amides is 3. The Morgan fingerprint density at radius 3 is 2.29 bits per heavy atom. The average Bonchev–Trinajstić information content (AvgIpc) is 2.73. The molecular weight excluding hydrogens is 396 g/mol. The van der Waals surface area contributed by atoms with Gasteiger partial charge in [-0.3, -0.25) is 10.1 Å². The molecule has 0 atom stereocenters. The highest BCUT2D eigenvalue weighted by Gasteiger charge is 2.06. The Morgan fingerprint density at radius 2 is 1.58 bits per heavy atom. The number of rotatable bonds is 3. The first-order valence-corrected chi connectivity index (χ1v) is 9.22. The van der Waals surface area contributed by atoms with Crippen LogP contribution in [0.5, 0.6) is 0 Å². The number of hydrogen-bond donors (Lipinski definition) is 6. The van der Waals surface area contributed by atoms with Crippen LogP contribution >= 0.6 is 0 Å². The number of fused-ring (bicyclic) bond motifs is 1. The Morgan fingerprint density at radius 1 is 0.903 bits per heavy atom. The van der Waals surface area contributed by atoms with Crippen LogP contribution < -0.4 is 33.2 Å². The lowest BCUT2D eigenvalue weighted by Crippen LogP contribution is -2.40. The van der Waals surface area contributed by atoms with Gasteiger partial charge in [0.05, 0.1) is 5.69 Å². The molecular formula is C21H22N8O2. The van der Waals surface area contributed by atoms with E-state index in [1.54, 1.807) is 49.5 Å². The molecule has 0 heterocycles. The van der Waals surface area contributed by atoms with E-state index in [1.165, 1.54) is 0 Å². The molecule has 0 spiro atoms. The first kappa shape index (κ1) is 21.1. The zero-order valence-corrected chi connectivity index (χ0v) is 16.7. The van der Waals surface area contributed by atoms with Crippen LogP contribution in [-0.4, -0.2) is 30.9 Å². The first-order valence-electron chi connectivity index (χ1n) is 9.22. The minimum absolute atomic E-state index is 0.159.